The number of hydrogen-bond donors (Lipinski definition) is 3. The van der Waals surface area contributed by atoms with Gasteiger partial charge in [0, 0.05) is 36.7 Å². The first-order valence-electron chi connectivity index (χ1n) is 8.76. The molecule has 0 saturated heterocycles. The Morgan fingerprint density at radius 2 is 1.56 bits per heavy atom. The maximum Gasteiger partial charge on any atom is 0.243 e. The molecular formula is C20H25N3O4. The first kappa shape index (κ1) is 20.3. The quantitative estimate of drug-likeness (QED) is 0.559. The van der Waals surface area contributed by atoms with Crippen LogP contribution in [0.1, 0.15) is 13.3 Å². The fourth-order valence-corrected chi connectivity index (χ4v) is 2.25. The van der Waals surface area contributed by atoms with Crippen LogP contribution in [0.25, 0.3) is 0 Å². The highest BCUT2D eigenvalue weighted by atomic mass is 16.5. The minimum Gasteiger partial charge on any atom is -0.491 e. The summed E-state index contributed by atoms with van der Waals surface area (Å²) in [5, 5.41) is 8.64. The second-order valence-corrected chi connectivity index (χ2v) is 5.75. The van der Waals surface area contributed by atoms with Crippen LogP contribution >= 0.6 is 0 Å². The van der Waals surface area contributed by atoms with Gasteiger partial charge in [0.15, 0.2) is 0 Å². The summed E-state index contributed by atoms with van der Waals surface area (Å²) in [5.41, 5.74) is 2.09. The third-order valence-electron chi connectivity index (χ3n) is 3.59. The molecule has 0 unspecified atom stereocenters. The van der Waals surface area contributed by atoms with Crippen LogP contribution in [-0.4, -0.2) is 38.7 Å². The number of nitrogens with one attached hydrogen (secondary N) is 3. The van der Waals surface area contributed by atoms with E-state index >= 15 is 0 Å². The molecule has 0 fully saturated rings. The van der Waals surface area contributed by atoms with Crippen molar-refractivity contribution in [2.45, 2.75) is 13.3 Å². The first-order valence-corrected chi connectivity index (χ1v) is 8.76. The smallest absolute Gasteiger partial charge is 0.243 e. The molecule has 0 aliphatic rings. The van der Waals surface area contributed by atoms with E-state index in [0.717, 1.165) is 5.69 Å². The fourth-order valence-electron chi connectivity index (χ4n) is 2.25. The summed E-state index contributed by atoms with van der Waals surface area (Å²) in [6.07, 6.45) is 0.411. The highest BCUT2D eigenvalue weighted by Gasteiger charge is 2.05. The minimum atomic E-state index is -0.188. The average Bonchev–Trinajstić information content (AvgIpc) is 2.67. The molecule has 0 aliphatic heterocycles. The van der Waals surface area contributed by atoms with E-state index in [1.165, 1.54) is 0 Å². The molecule has 3 N–H and O–H groups in total. The number of anilines is 3. The highest BCUT2D eigenvalue weighted by Crippen LogP contribution is 2.18. The Balaban J connectivity index is 1.85. The van der Waals surface area contributed by atoms with E-state index in [-0.39, 0.29) is 18.4 Å². The number of amides is 2. The third-order valence-corrected chi connectivity index (χ3v) is 3.59. The predicted molar refractivity (Wildman–Crippen MR) is 106 cm³/mol. The lowest BCUT2D eigenvalue weighted by Gasteiger charge is -2.11. The van der Waals surface area contributed by atoms with Crippen molar-refractivity contribution < 1.29 is 19.1 Å². The van der Waals surface area contributed by atoms with Crippen LogP contribution in [0.4, 0.5) is 17.1 Å². The van der Waals surface area contributed by atoms with Gasteiger partial charge >= 0.3 is 0 Å². The number of carbonyl (C=O) groups is 2. The zero-order valence-electron chi connectivity index (χ0n) is 15.6. The van der Waals surface area contributed by atoms with Crippen molar-refractivity contribution >= 4 is 28.9 Å². The monoisotopic (exact) mass is 371 g/mol. The van der Waals surface area contributed by atoms with Crippen molar-refractivity contribution in [1.82, 2.24) is 0 Å². The van der Waals surface area contributed by atoms with Crippen molar-refractivity contribution in [3.05, 3.63) is 48.5 Å². The Morgan fingerprint density at radius 1 is 0.889 bits per heavy atom. The van der Waals surface area contributed by atoms with Crippen LogP contribution < -0.4 is 20.7 Å². The summed E-state index contributed by atoms with van der Waals surface area (Å²) in [7, 11) is 1.61. The molecule has 0 aliphatic carbocycles. The molecule has 0 aromatic heterocycles. The number of ether oxygens (including phenoxy) is 2. The summed E-state index contributed by atoms with van der Waals surface area (Å²) in [6, 6.07) is 14.4. The van der Waals surface area contributed by atoms with Gasteiger partial charge in [-0.2, -0.15) is 0 Å². The van der Waals surface area contributed by atoms with Gasteiger partial charge in [0.1, 0.15) is 12.4 Å². The van der Waals surface area contributed by atoms with Crippen LogP contribution in [0.15, 0.2) is 48.5 Å². The lowest BCUT2D eigenvalue weighted by Crippen LogP contribution is -2.21. The number of benzene rings is 2. The molecule has 2 rings (SSSR count). The molecule has 27 heavy (non-hydrogen) atoms. The largest absolute Gasteiger partial charge is 0.491 e. The molecule has 7 nitrogen and oxygen atoms in total. The normalized spacial score (nSPS) is 10.1. The lowest BCUT2D eigenvalue weighted by molar-refractivity contribution is -0.116. The van der Waals surface area contributed by atoms with Crippen LogP contribution in [0.5, 0.6) is 5.75 Å². The third kappa shape index (κ3) is 7.37. The van der Waals surface area contributed by atoms with Gasteiger partial charge in [-0.25, -0.2) is 0 Å². The van der Waals surface area contributed by atoms with E-state index in [0.29, 0.717) is 36.8 Å². The summed E-state index contributed by atoms with van der Waals surface area (Å²) in [4.78, 5) is 23.6. The second kappa shape index (κ2) is 10.8. The standard InChI is InChI=1S/C20H25N3O4/c1-3-19(24)22-16-7-4-6-15(12-16)21-14-20(25)23-17-8-5-9-18(13-17)27-11-10-26-2/h4-9,12-13,21H,3,10-11,14H2,1-2H3,(H,22,24)(H,23,25). The molecular weight excluding hydrogens is 346 g/mol. The molecule has 0 bridgehead atoms. The number of hydrogen-bond acceptors (Lipinski definition) is 5. The molecule has 2 aromatic rings. The number of carbonyl (C=O) groups excluding carboxylic acids is 2. The van der Waals surface area contributed by atoms with Crippen LogP contribution in [0, 0.1) is 0 Å². The van der Waals surface area contributed by atoms with Gasteiger partial charge in [-0.15, -0.1) is 0 Å². The molecule has 0 radical (unpaired) electrons. The van der Waals surface area contributed by atoms with E-state index in [4.69, 9.17) is 9.47 Å². The minimum absolute atomic E-state index is 0.0579. The van der Waals surface area contributed by atoms with Gasteiger partial charge in [0.05, 0.1) is 13.2 Å². The Kier molecular flexibility index (Phi) is 8.12. The SMILES string of the molecule is CCC(=O)Nc1cccc(NCC(=O)Nc2cccc(OCCOC)c2)c1. The van der Waals surface area contributed by atoms with E-state index in [9.17, 15) is 9.59 Å². The van der Waals surface area contributed by atoms with Crippen LogP contribution in [0.3, 0.4) is 0 Å². The molecule has 7 heteroatoms. The summed E-state index contributed by atoms with van der Waals surface area (Å²) < 4.78 is 10.5. The molecule has 0 spiro atoms. The van der Waals surface area contributed by atoms with Gasteiger partial charge in [-0.1, -0.05) is 19.1 Å². The van der Waals surface area contributed by atoms with Crippen LogP contribution in [0.2, 0.25) is 0 Å². The van der Waals surface area contributed by atoms with Crippen molar-refractivity contribution in [3.8, 4) is 5.75 Å². The van der Waals surface area contributed by atoms with Gasteiger partial charge in [-0.3, -0.25) is 9.59 Å². The van der Waals surface area contributed by atoms with Gasteiger partial charge in [-0.05, 0) is 30.3 Å². The molecule has 0 atom stereocenters. The molecule has 2 aromatic carbocycles. The van der Waals surface area contributed by atoms with Gasteiger partial charge in [0.2, 0.25) is 11.8 Å². The summed E-state index contributed by atoms with van der Waals surface area (Å²) in [6.45, 7) is 2.83. The Labute approximate surface area is 159 Å². The predicted octanol–water partition coefficient (Wildman–Crippen LogP) is 3.11. The number of methoxy groups -OCH3 is 1. The van der Waals surface area contributed by atoms with E-state index in [1.807, 2.05) is 24.3 Å². The Bertz CT molecular complexity index is 764. The maximum atomic E-state index is 12.2. The van der Waals surface area contributed by atoms with E-state index < -0.39 is 0 Å². The molecule has 2 amide bonds. The topological polar surface area (TPSA) is 88.7 Å². The average molecular weight is 371 g/mol. The van der Waals surface area contributed by atoms with E-state index in [2.05, 4.69) is 16.0 Å². The highest BCUT2D eigenvalue weighted by molar-refractivity contribution is 5.94. The van der Waals surface area contributed by atoms with Crippen molar-refractivity contribution in [2.75, 3.05) is 42.8 Å². The fraction of sp³-hybridized carbons (Fsp3) is 0.300. The molecule has 0 heterocycles. The Hall–Kier alpha value is -3.06. The number of rotatable bonds is 10. The Morgan fingerprint density at radius 3 is 2.30 bits per heavy atom. The second-order valence-electron chi connectivity index (χ2n) is 5.75. The van der Waals surface area contributed by atoms with Crippen LogP contribution in [-0.2, 0) is 14.3 Å². The van der Waals surface area contributed by atoms with Crippen molar-refractivity contribution in [2.24, 2.45) is 0 Å². The maximum absolute atomic E-state index is 12.2. The zero-order chi connectivity index (χ0) is 19.5. The van der Waals surface area contributed by atoms with Crippen molar-refractivity contribution in [1.29, 1.82) is 0 Å². The zero-order valence-corrected chi connectivity index (χ0v) is 15.6. The lowest BCUT2D eigenvalue weighted by atomic mass is 10.2. The van der Waals surface area contributed by atoms with E-state index in [1.54, 1.807) is 38.3 Å². The molecule has 144 valence electrons. The van der Waals surface area contributed by atoms with Crippen molar-refractivity contribution in [3.63, 3.8) is 0 Å². The first-order chi connectivity index (χ1) is 13.1. The summed E-state index contributed by atoms with van der Waals surface area (Å²) >= 11 is 0. The van der Waals surface area contributed by atoms with Gasteiger partial charge < -0.3 is 25.4 Å². The molecule has 0 saturated carbocycles. The van der Waals surface area contributed by atoms with Gasteiger partial charge in [0.25, 0.3) is 0 Å². The summed E-state index contributed by atoms with van der Waals surface area (Å²) in [5.74, 6) is 0.418.